The molecule has 1 aromatic rings. The number of aliphatic hydroxyl groups excluding tert-OH is 1. The van der Waals surface area contributed by atoms with Crippen LogP contribution in [0.4, 0.5) is 0 Å². The second kappa shape index (κ2) is 4.04. The number of rotatable bonds is 4. The molecule has 5 nitrogen and oxygen atoms in total. The van der Waals surface area contributed by atoms with Gasteiger partial charge in [-0.1, -0.05) is 6.92 Å². The first kappa shape index (κ1) is 9.73. The van der Waals surface area contributed by atoms with Crippen LogP contribution in [0.3, 0.4) is 0 Å². The van der Waals surface area contributed by atoms with E-state index < -0.39 is 12.1 Å². The molecule has 0 aliphatic heterocycles. The van der Waals surface area contributed by atoms with Gasteiger partial charge in [0, 0.05) is 18.9 Å². The summed E-state index contributed by atoms with van der Waals surface area (Å²) >= 11 is 0. The van der Waals surface area contributed by atoms with Crippen molar-refractivity contribution in [2.24, 2.45) is 0 Å². The molecule has 0 amide bonds. The molecular formula is C8H12N2O3. The SMILES string of the molecule is CCCn1ccnc1C(O)C(=O)O. The smallest absolute Gasteiger partial charge is 0.340 e. The number of hydrogen-bond acceptors (Lipinski definition) is 3. The van der Waals surface area contributed by atoms with Crippen LogP contribution in [0.5, 0.6) is 0 Å². The first-order chi connectivity index (χ1) is 6.16. The third kappa shape index (κ3) is 2.06. The summed E-state index contributed by atoms with van der Waals surface area (Å²) < 4.78 is 1.64. The number of carbonyl (C=O) groups is 1. The Balaban J connectivity index is 2.86. The fourth-order valence-corrected chi connectivity index (χ4v) is 1.11. The van der Waals surface area contributed by atoms with Gasteiger partial charge < -0.3 is 14.8 Å². The fourth-order valence-electron chi connectivity index (χ4n) is 1.11. The topological polar surface area (TPSA) is 75.3 Å². The molecule has 1 heterocycles. The largest absolute Gasteiger partial charge is 0.479 e. The molecule has 0 radical (unpaired) electrons. The molecule has 1 aromatic heterocycles. The quantitative estimate of drug-likeness (QED) is 0.710. The molecule has 0 aromatic carbocycles. The van der Waals surface area contributed by atoms with Crippen molar-refractivity contribution < 1.29 is 15.0 Å². The molecule has 0 aliphatic carbocycles. The number of carboxylic acid groups (broad SMARTS) is 1. The summed E-state index contributed by atoms with van der Waals surface area (Å²) in [6.45, 7) is 2.64. The van der Waals surface area contributed by atoms with Gasteiger partial charge in [-0.15, -0.1) is 0 Å². The number of aliphatic carboxylic acids is 1. The van der Waals surface area contributed by atoms with Gasteiger partial charge in [-0.25, -0.2) is 9.78 Å². The van der Waals surface area contributed by atoms with E-state index in [4.69, 9.17) is 5.11 Å². The highest BCUT2D eigenvalue weighted by molar-refractivity contribution is 5.72. The van der Waals surface area contributed by atoms with Crippen LogP contribution in [0.1, 0.15) is 25.3 Å². The predicted octanol–water partition coefficient (Wildman–Crippen LogP) is 0.411. The minimum absolute atomic E-state index is 0.189. The summed E-state index contributed by atoms with van der Waals surface area (Å²) in [5.74, 6) is -1.09. The highest BCUT2D eigenvalue weighted by atomic mass is 16.4. The second-order valence-electron chi connectivity index (χ2n) is 2.72. The molecule has 0 aliphatic rings. The number of aryl methyl sites for hydroxylation is 1. The molecule has 13 heavy (non-hydrogen) atoms. The Hall–Kier alpha value is -1.36. The molecule has 1 unspecified atom stereocenters. The monoisotopic (exact) mass is 184 g/mol. The first-order valence-corrected chi connectivity index (χ1v) is 4.08. The Kier molecular flexibility index (Phi) is 3.02. The number of imidazole rings is 1. The van der Waals surface area contributed by atoms with Gasteiger partial charge in [0.2, 0.25) is 6.10 Å². The molecule has 2 N–H and O–H groups in total. The van der Waals surface area contributed by atoms with Crippen molar-refractivity contribution in [3.05, 3.63) is 18.2 Å². The van der Waals surface area contributed by atoms with Gasteiger partial charge in [-0.05, 0) is 6.42 Å². The van der Waals surface area contributed by atoms with Crippen LogP contribution in [-0.4, -0.2) is 25.7 Å². The lowest BCUT2D eigenvalue weighted by atomic mass is 10.3. The summed E-state index contributed by atoms with van der Waals surface area (Å²) in [6, 6.07) is 0. The lowest BCUT2D eigenvalue weighted by Crippen LogP contribution is -2.16. The third-order valence-electron chi connectivity index (χ3n) is 1.69. The van der Waals surface area contributed by atoms with E-state index in [1.54, 1.807) is 10.8 Å². The molecule has 1 rings (SSSR count). The van der Waals surface area contributed by atoms with Crippen LogP contribution in [0.15, 0.2) is 12.4 Å². The standard InChI is InChI=1S/C8H12N2O3/c1-2-4-10-5-3-9-7(10)6(11)8(12)13/h3,5-6,11H,2,4H2,1H3,(H,12,13). The van der Waals surface area contributed by atoms with Gasteiger partial charge in [0.1, 0.15) is 5.82 Å². The Morgan fingerprint density at radius 1 is 1.77 bits per heavy atom. The zero-order valence-corrected chi connectivity index (χ0v) is 7.34. The van der Waals surface area contributed by atoms with Gasteiger partial charge >= 0.3 is 5.97 Å². The van der Waals surface area contributed by atoms with Gasteiger partial charge in [-0.2, -0.15) is 0 Å². The van der Waals surface area contributed by atoms with Crippen LogP contribution >= 0.6 is 0 Å². The van der Waals surface area contributed by atoms with Crippen LogP contribution in [0.25, 0.3) is 0 Å². The Morgan fingerprint density at radius 2 is 2.46 bits per heavy atom. The summed E-state index contributed by atoms with van der Waals surface area (Å²) in [5, 5.41) is 17.8. The average Bonchev–Trinajstić information content (AvgIpc) is 2.52. The van der Waals surface area contributed by atoms with Crippen molar-refractivity contribution in [2.45, 2.75) is 26.0 Å². The van der Waals surface area contributed by atoms with Crippen molar-refractivity contribution in [1.29, 1.82) is 0 Å². The Morgan fingerprint density at radius 3 is 3.00 bits per heavy atom. The molecule has 72 valence electrons. The molecule has 0 bridgehead atoms. The Labute approximate surface area is 75.6 Å². The second-order valence-corrected chi connectivity index (χ2v) is 2.72. The maximum Gasteiger partial charge on any atom is 0.340 e. The van der Waals surface area contributed by atoms with E-state index >= 15 is 0 Å². The summed E-state index contributed by atoms with van der Waals surface area (Å²) in [7, 11) is 0. The molecule has 1 atom stereocenters. The van der Waals surface area contributed by atoms with Crippen molar-refractivity contribution in [1.82, 2.24) is 9.55 Å². The van der Waals surface area contributed by atoms with E-state index in [1.807, 2.05) is 6.92 Å². The molecular weight excluding hydrogens is 172 g/mol. The minimum atomic E-state index is -1.53. The number of aliphatic hydroxyl groups is 1. The molecule has 0 fully saturated rings. The highest BCUT2D eigenvalue weighted by Crippen LogP contribution is 2.10. The van der Waals surface area contributed by atoms with Crippen molar-refractivity contribution in [2.75, 3.05) is 0 Å². The summed E-state index contributed by atoms with van der Waals surface area (Å²) in [6.07, 6.45) is 2.49. The van der Waals surface area contributed by atoms with Crippen LogP contribution in [0.2, 0.25) is 0 Å². The fraction of sp³-hybridized carbons (Fsp3) is 0.500. The zero-order valence-electron chi connectivity index (χ0n) is 7.34. The van der Waals surface area contributed by atoms with Crippen LogP contribution in [0, 0.1) is 0 Å². The molecule has 0 saturated carbocycles. The van der Waals surface area contributed by atoms with Crippen molar-refractivity contribution >= 4 is 5.97 Å². The van der Waals surface area contributed by atoms with E-state index in [1.165, 1.54) is 6.20 Å². The summed E-state index contributed by atoms with van der Waals surface area (Å²) in [5.41, 5.74) is 0. The normalized spacial score (nSPS) is 12.8. The van der Waals surface area contributed by atoms with Gasteiger partial charge in [-0.3, -0.25) is 0 Å². The molecule has 0 spiro atoms. The van der Waals surface area contributed by atoms with Gasteiger partial charge in [0.05, 0.1) is 0 Å². The van der Waals surface area contributed by atoms with Gasteiger partial charge in [0.25, 0.3) is 0 Å². The maximum atomic E-state index is 10.5. The Bertz CT molecular complexity index is 295. The van der Waals surface area contributed by atoms with Crippen LogP contribution in [-0.2, 0) is 11.3 Å². The van der Waals surface area contributed by atoms with Crippen LogP contribution < -0.4 is 0 Å². The summed E-state index contributed by atoms with van der Waals surface area (Å²) in [4.78, 5) is 14.2. The lowest BCUT2D eigenvalue weighted by Gasteiger charge is -2.08. The van der Waals surface area contributed by atoms with E-state index in [9.17, 15) is 9.90 Å². The number of hydrogen-bond donors (Lipinski definition) is 2. The van der Waals surface area contributed by atoms with Gasteiger partial charge in [0.15, 0.2) is 0 Å². The van der Waals surface area contributed by atoms with E-state index in [0.717, 1.165) is 6.42 Å². The number of aromatic nitrogens is 2. The van der Waals surface area contributed by atoms with Crippen molar-refractivity contribution in [3.63, 3.8) is 0 Å². The van der Waals surface area contributed by atoms with Crippen molar-refractivity contribution in [3.8, 4) is 0 Å². The maximum absolute atomic E-state index is 10.5. The number of carboxylic acids is 1. The minimum Gasteiger partial charge on any atom is -0.479 e. The predicted molar refractivity (Wildman–Crippen MR) is 45.1 cm³/mol. The first-order valence-electron chi connectivity index (χ1n) is 4.08. The zero-order chi connectivity index (χ0) is 9.84. The van der Waals surface area contributed by atoms with E-state index in [0.29, 0.717) is 6.54 Å². The molecule has 5 heteroatoms. The highest BCUT2D eigenvalue weighted by Gasteiger charge is 2.20. The lowest BCUT2D eigenvalue weighted by molar-refractivity contribution is -0.147. The number of nitrogens with zero attached hydrogens (tertiary/aromatic N) is 2. The average molecular weight is 184 g/mol. The van der Waals surface area contributed by atoms with E-state index in [2.05, 4.69) is 4.98 Å². The van der Waals surface area contributed by atoms with E-state index in [-0.39, 0.29) is 5.82 Å². The third-order valence-corrected chi connectivity index (χ3v) is 1.69. The molecule has 0 saturated heterocycles.